The largest absolute Gasteiger partial charge is 0.444 e. The molecule has 1 amide bonds. The molecule has 0 aromatic heterocycles. The lowest BCUT2D eigenvalue weighted by atomic mass is 10.1. The van der Waals surface area contributed by atoms with Gasteiger partial charge in [0.25, 0.3) is 0 Å². The van der Waals surface area contributed by atoms with Crippen LogP contribution in [0, 0.1) is 25.5 Å². The zero-order valence-electron chi connectivity index (χ0n) is 19.1. The summed E-state index contributed by atoms with van der Waals surface area (Å²) in [6.07, 6.45) is -0.672. The van der Waals surface area contributed by atoms with Crippen LogP contribution in [0.4, 0.5) is 25.0 Å². The van der Waals surface area contributed by atoms with E-state index in [-0.39, 0.29) is 17.0 Å². The molecular formula is C23H30Br2F2N2O2. The number of rotatable bonds is 2. The second-order valence-electron chi connectivity index (χ2n) is 9.22. The zero-order valence-corrected chi connectivity index (χ0v) is 22.3. The van der Waals surface area contributed by atoms with Crippen LogP contribution in [0.15, 0.2) is 33.2 Å². The topological polar surface area (TPSA) is 50.4 Å². The van der Waals surface area contributed by atoms with Crippen molar-refractivity contribution in [2.24, 2.45) is 0 Å². The molecule has 0 radical (unpaired) electrons. The SMILES string of the molecule is Cc1cc(Br)c(F)c(NC(=O)OC(C)(C)C)c1.Cc1cc(Br)c(F)c(NC(C)(C)C)c1. The van der Waals surface area contributed by atoms with Crippen LogP contribution in [-0.2, 0) is 4.74 Å². The van der Waals surface area contributed by atoms with Gasteiger partial charge in [0.05, 0.1) is 20.3 Å². The summed E-state index contributed by atoms with van der Waals surface area (Å²) in [6, 6.07) is 6.76. The molecule has 0 aliphatic heterocycles. The summed E-state index contributed by atoms with van der Waals surface area (Å²) in [5, 5.41) is 5.51. The number of ether oxygens (including phenoxy) is 1. The van der Waals surface area contributed by atoms with E-state index in [1.54, 1.807) is 39.0 Å². The molecule has 0 bridgehead atoms. The van der Waals surface area contributed by atoms with Crippen LogP contribution in [0.25, 0.3) is 0 Å². The number of carbonyl (C=O) groups is 1. The third-order valence-electron chi connectivity index (χ3n) is 3.49. The van der Waals surface area contributed by atoms with Crippen molar-refractivity contribution in [3.05, 3.63) is 56.0 Å². The molecule has 0 unspecified atom stereocenters. The van der Waals surface area contributed by atoms with Crippen molar-refractivity contribution in [1.29, 1.82) is 0 Å². The third-order valence-corrected chi connectivity index (χ3v) is 4.64. The molecule has 4 nitrogen and oxygen atoms in total. The average Bonchev–Trinajstić information content (AvgIpc) is 2.54. The van der Waals surface area contributed by atoms with Gasteiger partial charge < -0.3 is 10.1 Å². The maximum atomic E-state index is 13.7. The lowest BCUT2D eigenvalue weighted by Gasteiger charge is -2.23. The highest BCUT2D eigenvalue weighted by molar-refractivity contribution is 9.10. The molecule has 2 aromatic carbocycles. The van der Waals surface area contributed by atoms with E-state index in [1.807, 2.05) is 40.7 Å². The summed E-state index contributed by atoms with van der Waals surface area (Å²) in [6.45, 7) is 15.0. The van der Waals surface area contributed by atoms with Gasteiger partial charge in [0, 0.05) is 5.54 Å². The molecule has 0 fully saturated rings. The highest BCUT2D eigenvalue weighted by Crippen LogP contribution is 2.27. The van der Waals surface area contributed by atoms with Gasteiger partial charge in [-0.15, -0.1) is 0 Å². The molecule has 0 spiro atoms. The van der Waals surface area contributed by atoms with Gasteiger partial charge in [-0.3, -0.25) is 5.32 Å². The van der Waals surface area contributed by atoms with E-state index < -0.39 is 17.5 Å². The van der Waals surface area contributed by atoms with Gasteiger partial charge in [-0.1, -0.05) is 0 Å². The summed E-state index contributed by atoms with van der Waals surface area (Å²) in [5.74, 6) is -0.744. The predicted molar refractivity (Wildman–Crippen MR) is 131 cm³/mol. The maximum Gasteiger partial charge on any atom is 0.412 e. The average molecular weight is 564 g/mol. The summed E-state index contributed by atoms with van der Waals surface area (Å²) in [7, 11) is 0. The van der Waals surface area contributed by atoms with E-state index in [0.29, 0.717) is 14.6 Å². The highest BCUT2D eigenvalue weighted by Gasteiger charge is 2.18. The van der Waals surface area contributed by atoms with E-state index in [2.05, 4.69) is 42.5 Å². The number of nitrogens with one attached hydrogen (secondary N) is 2. The first-order valence-electron chi connectivity index (χ1n) is 9.68. The second-order valence-corrected chi connectivity index (χ2v) is 10.9. The van der Waals surface area contributed by atoms with Gasteiger partial charge in [-0.25, -0.2) is 13.6 Å². The molecular weight excluding hydrogens is 534 g/mol. The predicted octanol–water partition coefficient (Wildman–Crippen LogP) is 8.35. The van der Waals surface area contributed by atoms with Crippen molar-refractivity contribution in [2.75, 3.05) is 10.6 Å². The summed E-state index contributed by atoms with van der Waals surface area (Å²) in [5.41, 5.74) is 1.78. The van der Waals surface area contributed by atoms with Crippen LogP contribution in [0.3, 0.4) is 0 Å². The Hall–Kier alpha value is -1.67. The van der Waals surface area contributed by atoms with Gasteiger partial charge in [-0.2, -0.15) is 0 Å². The number of anilines is 2. The van der Waals surface area contributed by atoms with Gasteiger partial charge >= 0.3 is 6.09 Å². The van der Waals surface area contributed by atoms with E-state index in [1.165, 1.54) is 0 Å². The van der Waals surface area contributed by atoms with Crippen LogP contribution < -0.4 is 10.6 Å². The Kier molecular flexibility index (Phi) is 9.50. The number of halogens is 4. The van der Waals surface area contributed by atoms with E-state index >= 15 is 0 Å². The van der Waals surface area contributed by atoms with Gasteiger partial charge in [-0.05, 0) is 123 Å². The molecule has 2 N–H and O–H groups in total. The molecule has 0 aliphatic carbocycles. The Bertz CT molecular complexity index is 937. The normalized spacial score (nSPS) is 11.4. The molecule has 0 aliphatic rings. The van der Waals surface area contributed by atoms with Crippen molar-refractivity contribution in [3.8, 4) is 0 Å². The lowest BCUT2D eigenvalue weighted by Crippen LogP contribution is -2.27. The number of amides is 1. The fourth-order valence-electron chi connectivity index (χ4n) is 2.45. The van der Waals surface area contributed by atoms with Crippen molar-refractivity contribution >= 4 is 49.3 Å². The minimum absolute atomic E-state index is 0.103. The van der Waals surface area contributed by atoms with Crippen molar-refractivity contribution in [3.63, 3.8) is 0 Å². The van der Waals surface area contributed by atoms with Gasteiger partial charge in [0.15, 0.2) is 11.6 Å². The standard InChI is InChI=1S/C12H15BrFNO2.C11H15BrFN/c1-7-5-8(13)10(14)9(6-7)15-11(16)17-12(2,3)4;1-7-5-8(12)10(13)9(6-7)14-11(2,3)4/h5-6H,1-4H3,(H,15,16);5-6,14H,1-4H3. The number of hydrogen-bond donors (Lipinski definition) is 2. The zero-order chi connectivity index (χ0) is 24.1. The number of carbonyl (C=O) groups excluding carboxylic acids is 1. The monoisotopic (exact) mass is 562 g/mol. The molecule has 172 valence electrons. The molecule has 0 heterocycles. The summed E-state index contributed by atoms with van der Waals surface area (Å²) in [4.78, 5) is 11.5. The Morgan fingerprint density at radius 1 is 0.839 bits per heavy atom. The Balaban J connectivity index is 0.000000316. The molecule has 0 atom stereocenters. The summed E-state index contributed by atoms with van der Waals surface area (Å²) < 4.78 is 33.1. The van der Waals surface area contributed by atoms with E-state index in [0.717, 1.165) is 11.1 Å². The first kappa shape index (κ1) is 27.4. The Labute approximate surface area is 200 Å². The number of hydrogen-bond acceptors (Lipinski definition) is 3. The minimum Gasteiger partial charge on any atom is -0.444 e. The van der Waals surface area contributed by atoms with Crippen molar-refractivity contribution in [2.45, 2.75) is 66.5 Å². The molecule has 2 rings (SSSR count). The fourth-order valence-corrected chi connectivity index (χ4v) is 3.60. The van der Waals surface area contributed by atoms with Crippen molar-refractivity contribution < 1.29 is 18.3 Å². The molecule has 2 aromatic rings. The van der Waals surface area contributed by atoms with Gasteiger partial charge in [0.2, 0.25) is 0 Å². The third kappa shape index (κ3) is 9.99. The van der Waals surface area contributed by atoms with Crippen LogP contribution in [-0.4, -0.2) is 17.2 Å². The fraction of sp³-hybridized carbons (Fsp3) is 0.435. The smallest absolute Gasteiger partial charge is 0.412 e. The van der Waals surface area contributed by atoms with Crippen LogP contribution >= 0.6 is 31.9 Å². The minimum atomic E-state index is -0.672. The summed E-state index contributed by atoms with van der Waals surface area (Å²) >= 11 is 6.27. The number of benzene rings is 2. The van der Waals surface area contributed by atoms with E-state index in [9.17, 15) is 13.6 Å². The lowest BCUT2D eigenvalue weighted by molar-refractivity contribution is 0.0635. The highest BCUT2D eigenvalue weighted by atomic mass is 79.9. The van der Waals surface area contributed by atoms with Crippen LogP contribution in [0.1, 0.15) is 52.7 Å². The molecule has 0 saturated heterocycles. The first-order valence-corrected chi connectivity index (χ1v) is 11.3. The van der Waals surface area contributed by atoms with Crippen LogP contribution in [0.5, 0.6) is 0 Å². The van der Waals surface area contributed by atoms with E-state index in [4.69, 9.17) is 4.74 Å². The van der Waals surface area contributed by atoms with Crippen LogP contribution in [0.2, 0.25) is 0 Å². The molecule has 31 heavy (non-hydrogen) atoms. The molecule has 0 saturated carbocycles. The number of aryl methyl sites for hydroxylation is 2. The molecule has 8 heteroatoms. The van der Waals surface area contributed by atoms with Gasteiger partial charge in [0.1, 0.15) is 5.60 Å². The Morgan fingerprint density at radius 2 is 1.26 bits per heavy atom. The first-order chi connectivity index (χ1) is 14.0. The quantitative estimate of drug-likeness (QED) is 0.386. The second kappa shape index (κ2) is 10.8. The van der Waals surface area contributed by atoms with Crippen molar-refractivity contribution in [1.82, 2.24) is 0 Å². The maximum absolute atomic E-state index is 13.7. The Morgan fingerprint density at radius 3 is 1.68 bits per heavy atom.